The van der Waals surface area contributed by atoms with Crippen LogP contribution in [0.4, 0.5) is 0 Å². The van der Waals surface area contributed by atoms with Gasteiger partial charge in [-0.15, -0.1) is 0 Å². The van der Waals surface area contributed by atoms with E-state index in [1.165, 1.54) is 53.5 Å². The molecule has 0 bridgehead atoms. The molecule has 0 N–H and O–H groups in total. The van der Waals surface area contributed by atoms with Gasteiger partial charge >= 0.3 is 0 Å². The predicted octanol–water partition coefficient (Wildman–Crippen LogP) is 7.65. The second-order valence-electron chi connectivity index (χ2n) is 9.00. The molecule has 1 heteroatoms. The highest BCUT2D eigenvalue weighted by molar-refractivity contribution is 5.90. The van der Waals surface area contributed by atoms with Crippen molar-refractivity contribution in [2.24, 2.45) is 5.92 Å². The van der Waals surface area contributed by atoms with E-state index in [0.29, 0.717) is 5.92 Å². The molecule has 0 aliphatic heterocycles. The highest BCUT2D eigenvalue weighted by Gasteiger charge is 2.28. The van der Waals surface area contributed by atoms with Crippen LogP contribution in [0.5, 0.6) is 5.75 Å². The fourth-order valence-corrected chi connectivity index (χ4v) is 5.19. The average molecular weight is 383 g/mol. The molecule has 1 atom stereocenters. The predicted molar refractivity (Wildman–Crippen MR) is 123 cm³/mol. The number of benzene rings is 2. The van der Waals surface area contributed by atoms with E-state index < -0.39 is 0 Å². The van der Waals surface area contributed by atoms with Gasteiger partial charge in [0.15, 0.2) is 0 Å². The summed E-state index contributed by atoms with van der Waals surface area (Å²) in [6.07, 6.45) is 16.4. The van der Waals surface area contributed by atoms with Crippen LogP contribution < -0.4 is 4.74 Å². The minimum Gasteiger partial charge on any atom is -0.491 e. The lowest BCUT2D eigenvalue weighted by atomic mass is 9.86. The van der Waals surface area contributed by atoms with E-state index in [0.717, 1.165) is 18.1 Å². The number of hydrogen-bond acceptors (Lipinski definition) is 1. The lowest BCUT2D eigenvalue weighted by Gasteiger charge is -2.18. The molecule has 0 saturated heterocycles. The Bertz CT molecular complexity index is 981. The zero-order chi connectivity index (χ0) is 19.8. The van der Waals surface area contributed by atoms with Crippen molar-refractivity contribution >= 4 is 17.2 Å². The highest BCUT2D eigenvalue weighted by Crippen LogP contribution is 2.44. The largest absolute Gasteiger partial charge is 0.491 e. The van der Waals surface area contributed by atoms with Crippen molar-refractivity contribution < 1.29 is 4.74 Å². The van der Waals surface area contributed by atoms with Crippen LogP contribution in [0.25, 0.3) is 17.2 Å². The SMILES string of the molecule is CC(C)Oc1ccc(C2=CC(c3ccc4c(c3)C=CC4C3CCCC3)=CC2)cc1. The first kappa shape index (κ1) is 18.5. The second-order valence-corrected chi connectivity index (χ2v) is 9.00. The maximum atomic E-state index is 5.77. The van der Waals surface area contributed by atoms with E-state index in [1.54, 1.807) is 5.56 Å². The first-order chi connectivity index (χ1) is 14.2. The zero-order valence-corrected chi connectivity index (χ0v) is 17.5. The van der Waals surface area contributed by atoms with E-state index in [2.05, 4.69) is 80.6 Å². The molecular weight excluding hydrogens is 352 g/mol. The molecule has 29 heavy (non-hydrogen) atoms. The summed E-state index contributed by atoms with van der Waals surface area (Å²) in [7, 11) is 0. The maximum Gasteiger partial charge on any atom is 0.119 e. The first-order valence-electron chi connectivity index (χ1n) is 11.2. The van der Waals surface area contributed by atoms with Crippen molar-refractivity contribution in [3.8, 4) is 5.75 Å². The van der Waals surface area contributed by atoms with Crippen LogP contribution in [-0.2, 0) is 0 Å². The molecule has 1 saturated carbocycles. The molecule has 0 aromatic heterocycles. The van der Waals surface area contributed by atoms with Gasteiger partial charge in [-0.3, -0.25) is 0 Å². The van der Waals surface area contributed by atoms with Crippen LogP contribution in [0.15, 0.2) is 60.7 Å². The average Bonchev–Trinajstić information content (AvgIpc) is 3.47. The summed E-state index contributed by atoms with van der Waals surface area (Å²) in [5.41, 5.74) is 8.34. The molecule has 0 spiro atoms. The molecule has 1 fully saturated rings. The minimum absolute atomic E-state index is 0.210. The fourth-order valence-electron chi connectivity index (χ4n) is 5.19. The van der Waals surface area contributed by atoms with Gasteiger partial charge in [-0.25, -0.2) is 0 Å². The van der Waals surface area contributed by atoms with Gasteiger partial charge in [0.2, 0.25) is 0 Å². The van der Waals surface area contributed by atoms with E-state index in [9.17, 15) is 0 Å². The molecule has 1 unspecified atom stereocenters. The lowest BCUT2D eigenvalue weighted by Crippen LogP contribution is -2.05. The van der Waals surface area contributed by atoms with Gasteiger partial charge in [0, 0.05) is 5.92 Å². The van der Waals surface area contributed by atoms with Gasteiger partial charge in [-0.2, -0.15) is 0 Å². The number of hydrogen-bond donors (Lipinski definition) is 0. The summed E-state index contributed by atoms with van der Waals surface area (Å²) in [4.78, 5) is 0. The maximum absolute atomic E-state index is 5.77. The Kier molecular flexibility index (Phi) is 4.91. The number of ether oxygens (including phenoxy) is 1. The molecule has 3 aliphatic rings. The topological polar surface area (TPSA) is 9.23 Å². The summed E-state index contributed by atoms with van der Waals surface area (Å²) in [5.74, 6) is 2.45. The Balaban J connectivity index is 1.33. The van der Waals surface area contributed by atoms with Crippen molar-refractivity contribution in [2.75, 3.05) is 0 Å². The lowest BCUT2D eigenvalue weighted by molar-refractivity contribution is 0.242. The smallest absolute Gasteiger partial charge is 0.119 e. The number of rotatable bonds is 5. The van der Waals surface area contributed by atoms with Crippen molar-refractivity contribution in [3.63, 3.8) is 0 Å². The van der Waals surface area contributed by atoms with Crippen LogP contribution in [0.1, 0.15) is 74.1 Å². The number of allylic oxidation sites excluding steroid dienone is 5. The third-order valence-corrected chi connectivity index (χ3v) is 6.64. The van der Waals surface area contributed by atoms with Crippen LogP contribution in [-0.4, -0.2) is 6.10 Å². The zero-order valence-electron chi connectivity index (χ0n) is 17.5. The van der Waals surface area contributed by atoms with Crippen molar-refractivity contribution in [3.05, 3.63) is 82.9 Å². The van der Waals surface area contributed by atoms with Gasteiger partial charge in [0.1, 0.15) is 5.75 Å². The molecular formula is C28H30O. The molecule has 2 aromatic rings. The Labute approximate surface area is 174 Å². The summed E-state index contributed by atoms with van der Waals surface area (Å²) in [5, 5.41) is 0. The van der Waals surface area contributed by atoms with Gasteiger partial charge in [-0.1, -0.05) is 61.4 Å². The Hall–Kier alpha value is -2.54. The Morgan fingerprint density at radius 2 is 1.69 bits per heavy atom. The van der Waals surface area contributed by atoms with Crippen LogP contribution in [0.3, 0.4) is 0 Å². The molecule has 0 heterocycles. The van der Waals surface area contributed by atoms with Gasteiger partial charge in [0.25, 0.3) is 0 Å². The molecule has 0 radical (unpaired) electrons. The van der Waals surface area contributed by atoms with Gasteiger partial charge in [-0.05, 0) is 90.6 Å². The highest BCUT2D eigenvalue weighted by atomic mass is 16.5. The molecule has 5 rings (SSSR count). The van der Waals surface area contributed by atoms with Crippen LogP contribution in [0.2, 0.25) is 0 Å². The van der Waals surface area contributed by atoms with Crippen molar-refractivity contribution in [1.82, 2.24) is 0 Å². The van der Waals surface area contributed by atoms with Gasteiger partial charge in [0.05, 0.1) is 6.10 Å². The van der Waals surface area contributed by atoms with E-state index in [-0.39, 0.29) is 6.10 Å². The second kappa shape index (κ2) is 7.71. The Morgan fingerprint density at radius 3 is 2.45 bits per heavy atom. The third-order valence-electron chi connectivity index (χ3n) is 6.64. The summed E-state index contributed by atoms with van der Waals surface area (Å²) in [6.45, 7) is 4.12. The minimum atomic E-state index is 0.210. The summed E-state index contributed by atoms with van der Waals surface area (Å²) in [6, 6.07) is 15.6. The van der Waals surface area contributed by atoms with Crippen LogP contribution >= 0.6 is 0 Å². The molecule has 1 nitrogen and oxygen atoms in total. The standard InChI is InChI=1S/C28H30O/c1-19(2)29-26-13-9-20(10-14-26)22-7-8-23(17-22)24-11-15-28-25(18-24)12-16-27(28)21-5-3-4-6-21/h8-19,21,27H,3-7H2,1-2H3. The number of fused-ring (bicyclic) bond motifs is 1. The van der Waals surface area contributed by atoms with Crippen LogP contribution in [0, 0.1) is 5.92 Å². The monoisotopic (exact) mass is 382 g/mol. The third kappa shape index (κ3) is 3.71. The summed E-state index contributed by atoms with van der Waals surface area (Å²) >= 11 is 0. The molecule has 0 amide bonds. The van der Waals surface area contributed by atoms with E-state index >= 15 is 0 Å². The van der Waals surface area contributed by atoms with Gasteiger partial charge < -0.3 is 4.74 Å². The van der Waals surface area contributed by atoms with E-state index in [4.69, 9.17) is 4.74 Å². The quantitative estimate of drug-likeness (QED) is 0.516. The molecule has 2 aromatic carbocycles. The van der Waals surface area contributed by atoms with Crippen molar-refractivity contribution in [2.45, 2.75) is 58.0 Å². The summed E-state index contributed by atoms with van der Waals surface area (Å²) < 4.78 is 5.77. The molecule has 148 valence electrons. The molecule has 3 aliphatic carbocycles. The van der Waals surface area contributed by atoms with Crippen molar-refractivity contribution in [1.29, 1.82) is 0 Å². The normalized spacial score (nSPS) is 20.9. The Morgan fingerprint density at radius 1 is 0.931 bits per heavy atom. The first-order valence-corrected chi connectivity index (χ1v) is 11.2. The fraction of sp³-hybridized carbons (Fsp3) is 0.357. The van der Waals surface area contributed by atoms with E-state index in [1.807, 2.05) is 0 Å².